The number of aromatic carboxylic acids is 1. The van der Waals surface area contributed by atoms with Crippen molar-refractivity contribution in [3.05, 3.63) is 34.9 Å². The van der Waals surface area contributed by atoms with E-state index in [1.165, 1.54) is 11.1 Å². The third kappa shape index (κ3) is 2.74. The lowest BCUT2D eigenvalue weighted by molar-refractivity contribution is 0.0696. The monoisotopic (exact) mass is 274 g/mol. The van der Waals surface area contributed by atoms with Crippen LogP contribution in [0.4, 0.5) is 0 Å². The molecule has 1 N–H and O–H groups in total. The second kappa shape index (κ2) is 5.23. The SMILES string of the molecule is CC(C)C1CCc2cc(C(=O)O)ccc2C1C(C)(C)C. The molecule has 0 saturated heterocycles. The van der Waals surface area contributed by atoms with E-state index in [2.05, 4.69) is 40.7 Å². The topological polar surface area (TPSA) is 37.3 Å². The number of carbonyl (C=O) groups is 1. The molecule has 20 heavy (non-hydrogen) atoms. The van der Waals surface area contributed by atoms with Gasteiger partial charge in [0.15, 0.2) is 0 Å². The first-order valence-electron chi connectivity index (χ1n) is 7.58. The standard InChI is InChI=1S/C18H26O2/c1-11(2)14-8-6-12-10-13(17(19)20)7-9-15(12)16(14)18(3,4)5/h7,9-11,14,16H,6,8H2,1-5H3,(H,19,20). The number of hydrogen-bond donors (Lipinski definition) is 1. The number of benzene rings is 1. The maximum atomic E-state index is 11.1. The molecule has 2 nitrogen and oxygen atoms in total. The van der Waals surface area contributed by atoms with Gasteiger partial charge >= 0.3 is 5.97 Å². The molecule has 0 aliphatic heterocycles. The zero-order valence-corrected chi connectivity index (χ0v) is 13.2. The molecule has 0 amide bonds. The predicted molar refractivity (Wildman–Crippen MR) is 82.2 cm³/mol. The summed E-state index contributed by atoms with van der Waals surface area (Å²) in [5.74, 6) is 1.02. The fraction of sp³-hybridized carbons (Fsp3) is 0.611. The summed E-state index contributed by atoms with van der Waals surface area (Å²) >= 11 is 0. The van der Waals surface area contributed by atoms with Crippen LogP contribution in [0.2, 0.25) is 0 Å². The van der Waals surface area contributed by atoms with E-state index in [0.29, 0.717) is 23.3 Å². The molecule has 1 aliphatic carbocycles. The lowest BCUT2D eigenvalue weighted by atomic mass is 9.61. The van der Waals surface area contributed by atoms with E-state index in [4.69, 9.17) is 5.11 Å². The van der Waals surface area contributed by atoms with Gasteiger partial charge in [-0.05, 0) is 59.3 Å². The van der Waals surface area contributed by atoms with Crippen LogP contribution >= 0.6 is 0 Å². The van der Waals surface area contributed by atoms with Crippen molar-refractivity contribution in [2.75, 3.05) is 0 Å². The summed E-state index contributed by atoms with van der Waals surface area (Å²) in [6.45, 7) is 11.5. The second-order valence-electron chi connectivity index (χ2n) is 7.51. The largest absolute Gasteiger partial charge is 0.478 e. The fourth-order valence-corrected chi connectivity index (χ4v) is 3.81. The Morgan fingerprint density at radius 1 is 1.30 bits per heavy atom. The molecule has 2 unspecified atom stereocenters. The van der Waals surface area contributed by atoms with Crippen molar-refractivity contribution in [2.24, 2.45) is 17.3 Å². The zero-order chi connectivity index (χ0) is 15.1. The van der Waals surface area contributed by atoms with Crippen molar-refractivity contribution in [2.45, 2.75) is 53.4 Å². The van der Waals surface area contributed by atoms with E-state index < -0.39 is 5.97 Å². The Morgan fingerprint density at radius 2 is 1.95 bits per heavy atom. The van der Waals surface area contributed by atoms with E-state index in [9.17, 15) is 4.79 Å². The molecule has 0 radical (unpaired) electrons. The molecule has 2 rings (SSSR count). The van der Waals surface area contributed by atoms with Gasteiger partial charge in [0, 0.05) is 0 Å². The van der Waals surface area contributed by atoms with Crippen LogP contribution in [-0.4, -0.2) is 11.1 Å². The number of carboxylic acid groups (broad SMARTS) is 1. The molecule has 2 heteroatoms. The smallest absolute Gasteiger partial charge is 0.335 e. The first kappa shape index (κ1) is 15.1. The summed E-state index contributed by atoms with van der Waals surface area (Å²) in [5.41, 5.74) is 3.23. The van der Waals surface area contributed by atoms with Gasteiger partial charge in [0.05, 0.1) is 5.56 Å². The van der Waals surface area contributed by atoms with E-state index in [1.807, 2.05) is 6.07 Å². The van der Waals surface area contributed by atoms with E-state index >= 15 is 0 Å². The first-order valence-corrected chi connectivity index (χ1v) is 7.58. The number of rotatable bonds is 2. The summed E-state index contributed by atoms with van der Waals surface area (Å²) in [4.78, 5) is 11.1. The molecule has 1 aromatic carbocycles. The van der Waals surface area contributed by atoms with Crippen LogP contribution < -0.4 is 0 Å². The second-order valence-corrected chi connectivity index (χ2v) is 7.51. The van der Waals surface area contributed by atoms with Crippen LogP contribution in [-0.2, 0) is 6.42 Å². The highest BCUT2D eigenvalue weighted by Crippen LogP contribution is 2.49. The van der Waals surface area contributed by atoms with Gasteiger partial charge in [-0.15, -0.1) is 0 Å². The highest BCUT2D eigenvalue weighted by Gasteiger charge is 2.38. The Balaban J connectivity index is 2.50. The third-order valence-corrected chi connectivity index (χ3v) is 4.69. The Bertz CT molecular complexity index is 509. The van der Waals surface area contributed by atoms with Crippen molar-refractivity contribution in [1.29, 1.82) is 0 Å². The molecule has 0 heterocycles. The summed E-state index contributed by atoms with van der Waals surface area (Å²) < 4.78 is 0. The van der Waals surface area contributed by atoms with E-state index in [-0.39, 0.29) is 5.41 Å². The summed E-state index contributed by atoms with van der Waals surface area (Å²) in [6.07, 6.45) is 2.17. The van der Waals surface area contributed by atoms with Crippen LogP contribution in [0.3, 0.4) is 0 Å². The predicted octanol–water partition coefficient (Wildman–Crippen LogP) is 4.73. The Kier molecular flexibility index (Phi) is 3.95. The molecule has 0 aromatic heterocycles. The first-order chi connectivity index (χ1) is 9.21. The van der Waals surface area contributed by atoms with Crippen molar-refractivity contribution in [1.82, 2.24) is 0 Å². The van der Waals surface area contributed by atoms with E-state index in [0.717, 1.165) is 12.8 Å². The van der Waals surface area contributed by atoms with Crippen molar-refractivity contribution < 1.29 is 9.90 Å². The number of hydrogen-bond acceptors (Lipinski definition) is 1. The van der Waals surface area contributed by atoms with Crippen molar-refractivity contribution in [3.8, 4) is 0 Å². The van der Waals surface area contributed by atoms with Gasteiger partial charge in [-0.2, -0.15) is 0 Å². The minimum Gasteiger partial charge on any atom is -0.478 e. The maximum absolute atomic E-state index is 11.1. The molecular weight excluding hydrogens is 248 g/mol. The van der Waals surface area contributed by atoms with Gasteiger partial charge < -0.3 is 5.11 Å². The molecule has 2 atom stereocenters. The Morgan fingerprint density at radius 3 is 2.45 bits per heavy atom. The molecule has 0 bridgehead atoms. The number of carboxylic acids is 1. The molecule has 0 spiro atoms. The number of aryl methyl sites for hydroxylation is 1. The van der Waals surface area contributed by atoms with Gasteiger partial charge in [0.25, 0.3) is 0 Å². The van der Waals surface area contributed by atoms with Crippen LogP contribution in [0.1, 0.15) is 68.4 Å². The Labute approximate surface area is 122 Å². The van der Waals surface area contributed by atoms with Crippen LogP contribution in [0.15, 0.2) is 18.2 Å². The molecule has 1 aliphatic rings. The summed E-state index contributed by atoms with van der Waals surface area (Å²) in [6, 6.07) is 5.71. The van der Waals surface area contributed by atoms with Gasteiger partial charge in [0.2, 0.25) is 0 Å². The normalized spacial score (nSPS) is 22.7. The summed E-state index contributed by atoms with van der Waals surface area (Å²) in [7, 11) is 0. The zero-order valence-electron chi connectivity index (χ0n) is 13.2. The molecule has 1 aromatic rings. The maximum Gasteiger partial charge on any atom is 0.335 e. The molecule has 0 saturated carbocycles. The van der Waals surface area contributed by atoms with Gasteiger partial charge in [-0.1, -0.05) is 40.7 Å². The molecular formula is C18H26O2. The highest BCUT2D eigenvalue weighted by molar-refractivity contribution is 5.88. The molecule has 110 valence electrons. The minimum absolute atomic E-state index is 0.203. The summed E-state index contributed by atoms with van der Waals surface area (Å²) in [5, 5.41) is 9.15. The van der Waals surface area contributed by atoms with Crippen LogP contribution in [0, 0.1) is 17.3 Å². The lowest BCUT2D eigenvalue weighted by Crippen LogP contribution is -2.33. The van der Waals surface area contributed by atoms with Gasteiger partial charge in [0.1, 0.15) is 0 Å². The highest BCUT2D eigenvalue weighted by atomic mass is 16.4. The molecule has 0 fully saturated rings. The quantitative estimate of drug-likeness (QED) is 0.846. The van der Waals surface area contributed by atoms with Crippen LogP contribution in [0.25, 0.3) is 0 Å². The van der Waals surface area contributed by atoms with E-state index in [1.54, 1.807) is 6.07 Å². The average molecular weight is 274 g/mol. The van der Waals surface area contributed by atoms with Crippen molar-refractivity contribution in [3.63, 3.8) is 0 Å². The average Bonchev–Trinajstić information content (AvgIpc) is 2.35. The van der Waals surface area contributed by atoms with Gasteiger partial charge in [-0.3, -0.25) is 0 Å². The minimum atomic E-state index is -0.828. The van der Waals surface area contributed by atoms with Crippen LogP contribution in [0.5, 0.6) is 0 Å². The van der Waals surface area contributed by atoms with Crippen molar-refractivity contribution >= 4 is 5.97 Å². The fourth-order valence-electron chi connectivity index (χ4n) is 3.81. The number of fused-ring (bicyclic) bond motifs is 1. The van der Waals surface area contributed by atoms with Gasteiger partial charge in [-0.25, -0.2) is 4.79 Å². The third-order valence-electron chi connectivity index (χ3n) is 4.69. The Hall–Kier alpha value is -1.31. The lowest BCUT2D eigenvalue weighted by Gasteiger charge is -2.44.